The molecule has 2 aromatic rings. The first-order valence-electron chi connectivity index (χ1n) is 6.27. The van der Waals surface area contributed by atoms with Crippen molar-refractivity contribution in [1.82, 2.24) is 5.32 Å². The van der Waals surface area contributed by atoms with Gasteiger partial charge in [-0.05, 0) is 48.6 Å². The van der Waals surface area contributed by atoms with Crippen LogP contribution in [0.25, 0.3) is 0 Å². The number of amides is 1. The van der Waals surface area contributed by atoms with Crippen molar-refractivity contribution in [2.24, 2.45) is 0 Å². The molecule has 23 heavy (non-hydrogen) atoms. The summed E-state index contributed by atoms with van der Waals surface area (Å²) in [7, 11) is 0. The lowest BCUT2D eigenvalue weighted by Crippen LogP contribution is -2.34. The van der Waals surface area contributed by atoms with E-state index in [9.17, 15) is 9.59 Å². The average molecular weight is 414 g/mol. The van der Waals surface area contributed by atoms with Gasteiger partial charge in [-0.1, -0.05) is 33.6 Å². The van der Waals surface area contributed by atoms with Crippen LogP contribution in [0.15, 0.2) is 46.9 Å². The van der Waals surface area contributed by atoms with E-state index in [1.54, 1.807) is 24.3 Å². The second-order valence-electron chi connectivity index (χ2n) is 4.41. The molecule has 0 aliphatic rings. The van der Waals surface area contributed by atoms with Crippen molar-refractivity contribution in [3.8, 4) is 0 Å². The minimum absolute atomic E-state index is 0.0141. The molecule has 5 nitrogen and oxygen atoms in total. The standard InChI is InChI=1S/C15H10BrClN2O3S/c16-9-3-1-2-8(6-9)13(20)19-15(23)18-12-5-4-10(17)7-11(12)14(21)22/h1-7H,(H,21,22)(H2,18,19,20,23). The van der Waals surface area contributed by atoms with Gasteiger partial charge in [0.05, 0.1) is 11.3 Å². The monoisotopic (exact) mass is 412 g/mol. The first-order chi connectivity index (χ1) is 10.9. The van der Waals surface area contributed by atoms with Gasteiger partial charge in [0, 0.05) is 15.1 Å². The zero-order chi connectivity index (χ0) is 17.0. The van der Waals surface area contributed by atoms with Crippen LogP contribution in [-0.2, 0) is 0 Å². The number of carbonyl (C=O) groups excluding carboxylic acids is 1. The summed E-state index contributed by atoms with van der Waals surface area (Å²) in [6.07, 6.45) is 0. The van der Waals surface area contributed by atoms with Gasteiger partial charge in [-0.25, -0.2) is 4.79 Å². The highest BCUT2D eigenvalue weighted by Crippen LogP contribution is 2.20. The molecule has 118 valence electrons. The van der Waals surface area contributed by atoms with E-state index in [4.69, 9.17) is 28.9 Å². The fourth-order valence-corrected chi connectivity index (χ4v) is 2.53. The minimum Gasteiger partial charge on any atom is -0.478 e. The molecule has 0 heterocycles. The van der Waals surface area contributed by atoms with Crippen LogP contribution < -0.4 is 10.6 Å². The fraction of sp³-hybridized carbons (Fsp3) is 0. The molecular formula is C15H10BrClN2O3S. The summed E-state index contributed by atoms with van der Waals surface area (Å²) in [4.78, 5) is 23.3. The Morgan fingerprint density at radius 1 is 1.17 bits per heavy atom. The molecule has 0 bridgehead atoms. The van der Waals surface area contributed by atoms with Crippen LogP contribution in [0.2, 0.25) is 5.02 Å². The predicted octanol–water partition coefficient (Wildman–Crippen LogP) is 3.93. The normalized spacial score (nSPS) is 10.0. The smallest absolute Gasteiger partial charge is 0.337 e. The number of carbonyl (C=O) groups is 2. The zero-order valence-corrected chi connectivity index (χ0v) is 14.6. The highest BCUT2D eigenvalue weighted by Gasteiger charge is 2.13. The van der Waals surface area contributed by atoms with Crippen molar-refractivity contribution in [2.45, 2.75) is 0 Å². The molecule has 0 atom stereocenters. The summed E-state index contributed by atoms with van der Waals surface area (Å²) in [5.74, 6) is -1.56. The molecule has 0 spiro atoms. The lowest BCUT2D eigenvalue weighted by atomic mass is 10.2. The third kappa shape index (κ3) is 4.75. The number of thiocarbonyl (C=S) groups is 1. The zero-order valence-electron chi connectivity index (χ0n) is 11.5. The maximum Gasteiger partial charge on any atom is 0.337 e. The molecule has 0 saturated heterocycles. The summed E-state index contributed by atoms with van der Waals surface area (Å²) in [5.41, 5.74) is 0.607. The molecule has 8 heteroatoms. The minimum atomic E-state index is -1.16. The summed E-state index contributed by atoms with van der Waals surface area (Å²) >= 11 is 14.1. The number of aromatic carboxylic acids is 1. The van der Waals surface area contributed by atoms with Crippen LogP contribution >= 0.6 is 39.7 Å². The lowest BCUT2D eigenvalue weighted by molar-refractivity contribution is 0.0698. The molecule has 0 radical (unpaired) electrons. The molecule has 0 unspecified atom stereocenters. The molecule has 0 fully saturated rings. The Labute approximate surface area is 150 Å². The van der Waals surface area contributed by atoms with E-state index < -0.39 is 11.9 Å². The highest BCUT2D eigenvalue weighted by molar-refractivity contribution is 9.10. The SMILES string of the molecule is O=C(NC(=S)Nc1ccc(Cl)cc1C(=O)O)c1cccc(Br)c1. The van der Waals surface area contributed by atoms with Crippen LogP contribution in [0.4, 0.5) is 5.69 Å². The number of carboxylic acid groups (broad SMARTS) is 1. The predicted molar refractivity (Wildman–Crippen MR) is 96.2 cm³/mol. The second kappa shape index (κ2) is 7.54. The maximum atomic E-state index is 12.1. The summed E-state index contributed by atoms with van der Waals surface area (Å²) < 4.78 is 0.759. The van der Waals surface area contributed by atoms with E-state index in [-0.39, 0.29) is 21.4 Å². The van der Waals surface area contributed by atoms with E-state index in [1.165, 1.54) is 18.2 Å². The Balaban J connectivity index is 2.11. The Bertz CT molecular complexity index is 798. The van der Waals surface area contributed by atoms with Gasteiger partial charge in [0.15, 0.2) is 5.11 Å². The number of benzene rings is 2. The highest BCUT2D eigenvalue weighted by atomic mass is 79.9. The fourth-order valence-electron chi connectivity index (χ4n) is 1.76. The quantitative estimate of drug-likeness (QED) is 0.665. The molecule has 0 saturated carbocycles. The van der Waals surface area contributed by atoms with Gasteiger partial charge in [-0.15, -0.1) is 0 Å². The van der Waals surface area contributed by atoms with Crippen LogP contribution in [-0.4, -0.2) is 22.1 Å². The van der Waals surface area contributed by atoms with Gasteiger partial charge < -0.3 is 10.4 Å². The van der Waals surface area contributed by atoms with E-state index in [0.717, 1.165) is 4.47 Å². The molecular weight excluding hydrogens is 404 g/mol. The lowest BCUT2D eigenvalue weighted by Gasteiger charge is -2.12. The second-order valence-corrected chi connectivity index (χ2v) is 6.17. The Kier molecular flexibility index (Phi) is 5.70. The Morgan fingerprint density at radius 2 is 1.91 bits per heavy atom. The number of halogens is 2. The third-order valence-corrected chi connectivity index (χ3v) is 3.71. The molecule has 3 N–H and O–H groups in total. The van der Waals surface area contributed by atoms with E-state index >= 15 is 0 Å². The van der Waals surface area contributed by atoms with Crippen LogP contribution in [0, 0.1) is 0 Å². The summed E-state index contributed by atoms with van der Waals surface area (Å²) in [5, 5.41) is 14.6. The third-order valence-electron chi connectivity index (χ3n) is 2.77. The number of rotatable bonds is 3. The number of anilines is 1. The molecule has 2 aromatic carbocycles. The maximum absolute atomic E-state index is 12.1. The van der Waals surface area contributed by atoms with Crippen LogP contribution in [0.3, 0.4) is 0 Å². The molecule has 2 rings (SSSR count). The van der Waals surface area contributed by atoms with Gasteiger partial charge in [0.2, 0.25) is 0 Å². The van der Waals surface area contributed by atoms with Crippen LogP contribution in [0.5, 0.6) is 0 Å². The largest absolute Gasteiger partial charge is 0.478 e. The number of hydrogen-bond donors (Lipinski definition) is 3. The van der Waals surface area contributed by atoms with Crippen molar-refractivity contribution in [3.63, 3.8) is 0 Å². The Morgan fingerprint density at radius 3 is 2.57 bits per heavy atom. The first kappa shape index (κ1) is 17.4. The Hall–Kier alpha value is -1.96. The molecule has 1 amide bonds. The van der Waals surface area contributed by atoms with Crippen LogP contribution in [0.1, 0.15) is 20.7 Å². The van der Waals surface area contributed by atoms with Gasteiger partial charge in [0.25, 0.3) is 5.91 Å². The van der Waals surface area contributed by atoms with E-state index in [1.807, 2.05) is 0 Å². The molecule has 0 aliphatic carbocycles. The van der Waals surface area contributed by atoms with Gasteiger partial charge in [-0.2, -0.15) is 0 Å². The van der Waals surface area contributed by atoms with Crippen molar-refractivity contribution in [3.05, 3.63) is 63.1 Å². The van der Waals surface area contributed by atoms with Gasteiger partial charge in [0.1, 0.15) is 0 Å². The first-order valence-corrected chi connectivity index (χ1v) is 7.85. The van der Waals surface area contributed by atoms with Crippen molar-refractivity contribution in [2.75, 3.05) is 5.32 Å². The number of carboxylic acids is 1. The number of nitrogens with one attached hydrogen (secondary N) is 2. The number of hydrogen-bond acceptors (Lipinski definition) is 3. The van der Waals surface area contributed by atoms with Crippen molar-refractivity contribution < 1.29 is 14.7 Å². The molecule has 0 aliphatic heterocycles. The summed E-state index contributed by atoms with van der Waals surface area (Å²) in [6.45, 7) is 0. The van der Waals surface area contributed by atoms with Gasteiger partial charge in [-0.3, -0.25) is 10.1 Å². The van der Waals surface area contributed by atoms with E-state index in [0.29, 0.717) is 5.56 Å². The van der Waals surface area contributed by atoms with E-state index in [2.05, 4.69) is 26.6 Å². The average Bonchev–Trinajstić information content (AvgIpc) is 2.48. The van der Waals surface area contributed by atoms with Crippen molar-refractivity contribution in [1.29, 1.82) is 0 Å². The van der Waals surface area contributed by atoms with Gasteiger partial charge >= 0.3 is 5.97 Å². The topological polar surface area (TPSA) is 78.4 Å². The molecule has 0 aromatic heterocycles. The summed E-state index contributed by atoms with van der Waals surface area (Å²) in [6, 6.07) is 11.1. The van der Waals surface area contributed by atoms with Crippen molar-refractivity contribution >= 4 is 62.4 Å².